The minimum absolute atomic E-state index is 0.0229. The van der Waals surface area contributed by atoms with Crippen molar-refractivity contribution in [3.8, 4) is 22.6 Å². The molecule has 3 aromatic heterocycles. The Balaban J connectivity index is 1.39. The van der Waals surface area contributed by atoms with Gasteiger partial charge in [-0.15, -0.1) is 0 Å². The van der Waals surface area contributed by atoms with E-state index in [-0.39, 0.29) is 17.7 Å². The van der Waals surface area contributed by atoms with Gasteiger partial charge in [-0.1, -0.05) is 29.3 Å². The molecule has 0 spiro atoms. The first-order chi connectivity index (χ1) is 24.8. The number of phenols is 1. The number of aromatic hydroxyl groups is 1. The summed E-state index contributed by atoms with van der Waals surface area (Å²) in [6.07, 6.45) is 2.70. The number of benzene rings is 3. The van der Waals surface area contributed by atoms with Crippen LogP contribution >= 0.6 is 23.2 Å². The molecule has 10 nitrogen and oxygen atoms in total. The number of phenolic OH excluding ortho intramolecular Hbond substituents is 1. The van der Waals surface area contributed by atoms with Gasteiger partial charge in [0.15, 0.2) is 0 Å². The van der Waals surface area contributed by atoms with Gasteiger partial charge in [-0.3, -0.25) is 4.79 Å². The van der Waals surface area contributed by atoms with E-state index in [1.807, 2.05) is 52.0 Å². The number of aryl methyl sites for hydroxylation is 6. The number of rotatable bonds is 8. The highest BCUT2D eigenvalue weighted by molar-refractivity contribution is 6.35. The van der Waals surface area contributed by atoms with Crippen LogP contribution < -0.4 is 9.64 Å². The maximum absolute atomic E-state index is 15.1. The summed E-state index contributed by atoms with van der Waals surface area (Å²) in [5.74, 6) is -0.0345. The number of fused-ring (bicyclic) bond motifs is 4. The van der Waals surface area contributed by atoms with Crippen molar-refractivity contribution in [1.82, 2.24) is 19.1 Å². The summed E-state index contributed by atoms with van der Waals surface area (Å²) in [4.78, 5) is 38.4. The van der Waals surface area contributed by atoms with Gasteiger partial charge in [-0.25, -0.2) is 14.8 Å². The van der Waals surface area contributed by atoms with E-state index < -0.39 is 5.97 Å². The number of hydrogen-bond acceptors (Lipinski definition) is 7. The fourth-order valence-corrected chi connectivity index (χ4v) is 8.08. The molecule has 0 saturated carbocycles. The number of amides is 1. The van der Waals surface area contributed by atoms with Gasteiger partial charge in [0.25, 0.3) is 5.91 Å². The van der Waals surface area contributed by atoms with Gasteiger partial charge >= 0.3 is 5.97 Å². The molecular weight excluding hydrogens is 701 g/mol. The third kappa shape index (κ3) is 5.74. The lowest BCUT2D eigenvalue weighted by atomic mass is 9.97. The van der Waals surface area contributed by atoms with Crippen molar-refractivity contribution in [2.75, 3.05) is 25.2 Å². The second-order valence-corrected chi connectivity index (χ2v) is 14.3. The van der Waals surface area contributed by atoms with Crippen molar-refractivity contribution >= 4 is 62.6 Å². The number of halogens is 2. The molecule has 268 valence electrons. The molecular formula is C40H39Cl2N5O5. The summed E-state index contributed by atoms with van der Waals surface area (Å²) < 4.78 is 15.0. The summed E-state index contributed by atoms with van der Waals surface area (Å²) >= 11 is 13.4. The monoisotopic (exact) mass is 739 g/mol. The molecule has 0 bridgehead atoms. The van der Waals surface area contributed by atoms with Gasteiger partial charge < -0.3 is 28.6 Å². The molecule has 1 N–H and O–H groups in total. The minimum atomic E-state index is -0.518. The number of anilines is 1. The summed E-state index contributed by atoms with van der Waals surface area (Å²) in [7, 11) is 3.07. The van der Waals surface area contributed by atoms with Gasteiger partial charge in [-0.05, 0) is 94.5 Å². The molecule has 7 rings (SSSR count). The number of hydrogen-bond donors (Lipinski definition) is 1. The predicted octanol–water partition coefficient (Wildman–Crippen LogP) is 8.86. The Bertz CT molecular complexity index is 2410. The van der Waals surface area contributed by atoms with Crippen LogP contribution in [-0.2, 0) is 18.2 Å². The average molecular weight is 741 g/mol. The van der Waals surface area contributed by atoms with Crippen LogP contribution in [0.1, 0.15) is 68.4 Å². The zero-order valence-corrected chi connectivity index (χ0v) is 31.6. The molecule has 1 aliphatic heterocycles. The fourth-order valence-electron chi connectivity index (χ4n) is 7.73. The van der Waals surface area contributed by atoms with E-state index >= 15 is 4.79 Å². The molecule has 0 saturated heterocycles. The van der Waals surface area contributed by atoms with Gasteiger partial charge in [-0.2, -0.15) is 0 Å². The summed E-state index contributed by atoms with van der Waals surface area (Å²) in [5.41, 5.74) is 8.73. The van der Waals surface area contributed by atoms with Crippen LogP contribution in [0.25, 0.3) is 32.9 Å². The molecule has 4 heterocycles. The van der Waals surface area contributed by atoms with Gasteiger partial charge in [0.2, 0.25) is 0 Å². The minimum Gasteiger partial charge on any atom is -0.508 e. The summed E-state index contributed by atoms with van der Waals surface area (Å²) in [5, 5.41) is 13.6. The van der Waals surface area contributed by atoms with Gasteiger partial charge in [0.1, 0.15) is 29.2 Å². The first kappa shape index (κ1) is 35.3. The molecule has 1 aliphatic rings. The Morgan fingerprint density at radius 3 is 2.35 bits per heavy atom. The topological polar surface area (TPSA) is 112 Å². The van der Waals surface area contributed by atoms with Crippen LogP contribution in [0.4, 0.5) is 5.69 Å². The molecule has 52 heavy (non-hydrogen) atoms. The van der Waals surface area contributed by atoms with Crippen LogP contribution in [-0.4, -0.2) is 56.3 Å². The fraction of sp³-hybridized carbons (Fsp3) is 0.300. The van der Waals surface area contributed by atoms with Gasteiger partial charge in [0.05, 0.1) is 35.5 Å². The molecule has 1 amide bonds. The quantitative estimate of drug-likeness (QED) is 0.123. The van der Waals surface area contributed by atoms with Gasteiger partial charge in [0, 0.05) is 64.0 Å². The maximum atomic E-state index is 15.1. The number of nitrogens with zero attached hydrogens (tertiary/aromatic N) is 5. The molecule has 1 atom stereocenters. The summed E-state index contributed by atoms with van der Waals surface area (Å²) in [6, 6.07) is 12.3. The van der Waals surface area contributed by atoms with E-state index in [1.54, 1.807) is 41.0 Å². The molecule has 0 unspecified atom stereocenters. The Morgan fingerprint density at radius 1 is 0.981 bits per heavy atom. The average Bonchev–Trinajstić information content (AvgIpc) is 3.62. The van der Waals surface area contributed by atoms with Crippen LogP contribution in [0.2, 0.25) is 10.0 Å². The van der Waals surface area contributed by atoms with Crippen LogP contribution in [0.3, 0.4) is 0 Å². The second kappa shape index (κ2) is 13.5. The smallest absolute Gasteiger partial charge is 0.354 e. The van der Waals surface area contributed by atoms with Crippen LogP contribution in [0.5, 0.6) is 11.5 Å². The number of ether oxygens (including phenoxy) is 2. The second-order valence-electron chi connectivity index (χ2n) is 13.5. The molecule has 3 aromatic carbocycles. The largest absolute Gasteiger partial charge is 0.508 e. The van der Waals surface area contributed by atoms with Crippen LogP contribution in [0, 0.1) is 27.7 Å². The van der Waals surface area contributed by atoms with Crippen LogP contribution in [0.15, 0.2) is 48.8 Å². The highest BCUT2D eigenvalue weighted by atomic mass is 35.5. The molecule has 6 aromatic rings. The third-order valence-electron chi connectivity index (χ3n) is 10.1. The van der Waals surface area contributed by atoms with E-state index in [1.165, 1.54) is 7.11 Å². The standard InChI is InChI=1S/C40H39Cl2N5O5/c1-20-13-27(14-21(2)35(20)42)52-12-8-9-28-29-10-11-30(41)34(33-23(4)43-19-44-24(33)5)37(29)47-22(3)18-46(39(49)38(28)47)31-17-26(48)15-25-16-32(40(50)51-7)45(6)36(25)31/h10-11,13-17,19,22,48H,8-9,12,18H2,1-7H3/t22-/m1/s1. The molecule has 0 radical (unpaired) electrons. The number of esters is 1. The van der Waals surface area contributed by atoms with E-state index in [2.05, 4.69) is 21.5 Å². The summed E-state index contributed by atoms with van der Waals surface area (Å²) in [6.45, 7) is 10.6. The first-order valence-electron chi connectivity index (χ1n) is 17.1. The molecule has 0 aliphatic carbocycles. The predicted molar refractivity (Wildman–Crippen MR) is 205 cm³/mol. The lowest BCUT2D eigenvalue weighted by Gasteiger charge is -2.35. The first-order valence-corrected chi connectivity index (χ1v) is 17.8. The maximum Gasteiger partial charge on any atom is 0.354 e. The van der Waals surface area contributed by atoms with E-state index in [9.17, 15) is 9.90 Å². The molecule has 12 heteroatoms. The van der Waals surface area contributed by atoms with Crippen molar-refractivity contribution in [3.05, 3.63) is 98.3 Å². The zero-order valence-electron chi connectivity index (χ0n) is 30.1. The van der Waals surface area contributed by atoms with Crippen molar-refractivity contribution in [1.29, 1.82) is 0 Å². The van der Waals surface area contributed by atoms with Crippen molar-refractivity contribution < 1.29 is 24.2 Å². The Kier molecular flexibility index (Phi) is 9.17. The number of carbonyl (C=O) groups is 2. The third-order valence-corrected chi connectivity index (χ3v) is 11.0. The van der Waals surface area contributed by atoms with Crippen molar-refractivity contribution in [3.63, 3.8) is 0 Å². The number of methoxy groups -OCH3 is 1. The lowest BCUT2D eigenvalue weighted by Crippen LogP contribution is -2.43. The normalized spacial score (nSPS) is 14.4. The van der Waals surface area contributed by atoms with Crippen molar-refractivity contribution in [2.45, 2.75) is 53.5 Å². The molecule has 0 fully saturated rings. The Labute approximate surface area is 311 Å². The SMILES string of the molecule is COC(=O)c1cc2cc(O)cc(N3C[C@@H](C)n4c(c(CCCOc5cc(C)c(Cl)c(C)c5)c5ccc(Cl)c(-c6c(C)ncnc6C)c54)C3=O)c2n1C. The Morgan fingerprint density at radius 2 is 1.67 bits per heavy atom. The van der Waals surface area contributed by atoms with E-state index in [0.717, 1.165) is 60.9 Å². The van der Waals surface area contributed by atoms with Crippen molar-refractivity contribution in [2.24, 2.45) is 7.05 Å². The lowest BCUT2D eigenvalue weighted by molar-refractivity contribution is 0.0590. The highest BCUT2D eigenvalue weighted by Gasteiger charge is 2.38. The van der Waals surface area contributed by atoms with E-state index in [4.69, 9.17) is 32.7 Å². The highest BCUT2D eigenvalue weighted by Crippen LogP contribution is 2.46. The Hall–Kier alpha value is -5.06. The number of carbonyl (C=O) groups excluding carboxylic acids is 2. The number of aromatic nitrogens is 4. The van der Waals surface area contributed by atoms with E-state index in [0.29, 0.717) is 59.0 Å². The zero-order chi connectivity index (χ0) is 37.2.